The zero-order valence-electron chi connectivity index (χ0n) is 11.0. The van der Waals surface area contributed by atoms with Gasteiger partial charge in [0.25, 0.3) is 0 Å². The van der Waals surface area contributed by atoms with Crippen LogP contribution in [0.4, 0.5) is 0 Å². The van der Waals surface area contributed by atoms with Crippen molar-refractivity contribution in [2.45, 2.75) is 20.0 Å². The molecule has 0 radical (unpaired) electrons. The Kier molecular flexibility index (Phi) is 4.87. The fourth-order valence-corrected chi connectivity index (χ4v) is 1.45. The number of phenols is 1. The van der Waals surface area contributed by atoms with Gasteiger partial charge in [0.1, 0.15) is 11.8 Å². The first-order valence-electron chi connectivity index (χ1n) is 5.74. The minimum absolute atomic E-state index is 0.0678. The van der Waals surface area contributed by atoms with Crippen molar-refractivity contribution in [2.75, 3.05) is 0 Å². The van der Waals surface area contributed by atoms with Crippen LogP contribution in [0.25, 0.3) is 5.57 Å². The van der Waals surface area contributed by atoms with Gasteiger partial charge in [-0.1, -0.05) is 0 Å². The van der Waals surface area contributed by atoms with Gasteiger partial charge in [-0.25, -0.2) is 9.59 Å². The number of aromatic carboxylic acids is 1. The maximum absolute atomic E-state index is 11.5. The molecule has 2 N–H and O–H groups in total. The Bertz CT molecular complexity index is 610. The zero-order chi connectivity index (χ0) is 15.3. The van der Waals surface area contributed by atoms with Crippen LogP contribution >= 0.6 is 0 Å². The Morgan fingerprint density at radius 2 is 2.05 bits per heavy atom. The minimum atomic E-state index is -1.20. The number of carboxylic acid groups (broad SMARTS) is 1. The van der Waals surface area contributed by atoms with Gasteiger partial charge < -0.3 is 14.9 Å². The summed E-state index contributed by atoms with van der Waals surface area (Å²) in [5.41, 5.74) is -0.156. The van der Waals surface area contributed by atoms with E-state index >= 15 is 0 Å². The average Bonchev–Trinajstić information content (AvgIpc) is 2.35. The number of hydrogen-bond donors (Lipinski definition) is 2. The number of rotatable bonds is 4. The van der Waals surface area contributed by atoms with Crippen molar-refractivity contribution in [3.63, 3.8) is 0 Å². The van der Waals surface area contributed by atoms with Crippen molar-refractivity contribution < 1.29 is 24.5 Å². The molecule has 0 atom stereocenters. The third-order valence-corrected chi connectivity index (χ3v) is 2.27. The molecule has 1 rings (SSSR count). The zero-order valence-corrected chi connectivity index (χ0v) is 11.0. The van der Waals surface area contributed by atoms with Gasteiger partial charge in [-0.15, -0.1) is 0 Å². The van der Waals surface area contributed by atoms with Crippen molar-refractivity contribution in [2.24, 2.45) is 0 Å². The Morgan fingerprint density at radius 3 is 2.50 bits per heavy atom. The average molecular weight is 275 g/mol. The van der Waals surface area contributed by atoms with Crippen molar-refractivity contribution in [1.82, 2.24) is 0 Å². The lowest BCUT2D eigenvalue weighted by atomic mass is 10.0. The van der Waals surface area contributed by atoms with E-state index < -0.39 is 17.7 Å². The summed E-state index contributed by atoms with van der Waals surface area (Å²) in [5.74, 6) is -2.30. The summed E-state index contributed by atoms with van der Waals surface area (Å²) in [5, 5.41) is 27.5. The number of carbonyl (C=O) groups excluding carboxylic acids is 1. The van der Waals surface area contributed by atoms with Crippen LogP contribution in [0.5, 0.6) is 5.75 Å². The summed E-state index contributed by atoms with van der Waals surface area (Å²) in [7, 11) is 0. The summed E-state index contributed by atoms with van der Waals surface area (Å²) < 4.78 is 4.86. The molecule has 0 saturated carbocycles. The second-order valence-electron chi connectivity index (χ2n) is 4.19. The summed E-state index contributed by atoms with van der Waals surface area (Å²) in [6.45, 7) is 3.33. The first-order chi connectivity index (χ1) is 9.35. The molecule has 0 saturated heterocycles. The number of carboxylic acids is 1. The fraction of sp³-hybridized carbons (Fsp3) is 0.214. The summed E-state index contributed by atoms with van der Waals surface area (Å²) in [6.07, 6.45) is 0.622. The quantitative estimate of drug-likeness (QED) is 0.494. The number of ether oxygens (including phenoxy) is 1. The molecule has 20 heavy (non-hydrogen) atoms. The van der Waals surface area contributed by atoms with Crippen LogP contribution in [0.3, 0.4) is 0 Å². The third kappa shape index (κ3) is 3.85. The number of hydrogen-bond acceptors (Lipinski definition) is 5. The Balaban J connectivity index is 3.14. The molecule has 1 aromatic carbocycles. The number of phenolic OH excluding ortho intramolecular Hbond substituents is 1. The van der Waals surface area contributed by atoms with Crippen LogP contribution in [0, 0.1) is 11.3 Å². The monoisotopic (exact) mass is 275 g/mol. The molecule has 0 spiro atoms. The van der Waals surface area contributed by atoms with Crippen molar-refractivity contribution in [3.05, 3.63) is 35.4 Å². The fourth-order valence-electron chi connectivity index (χ4n) is 1.45. The van der Waals surface area contributed by atoms with E-state index in [1.54, 1.807) is 19.9 Å². The lowest BCUT2D eigenvalue weighted by molar-refractivity contribution is -0.141. The van der Waals surface area contributed by atoms with Crippen LogP contribution < -0.4 is 0 Å². The van der Waals surface area contributed by atoms with Crippen molar-refractivity contribution >= 4 is 17.5 Å². The second kappa shape index (κ2) is 6.38. The molecule has 0 heterocycles. The molecule has 0 unspecified atom stereocenters. The molecule has 0 aliphatic heterocycles. The van der Waals surface area contributed by atoms with Crippen LogP contribution in [-0.4, -0.2) is 28.3 Å². The van der Waals surface area contributed by atoms with Crippen LogP contribution in [-0.2, 0) is 9.53 Å². The van der Waals surface area contributed by atoms with Gasteiger partial charge >= 0.3 is 11.9 Å². The first kappa shape index (κ1) is 15.2. The highest BCUT2D eigenvalue weighted by Crippen LogP contribution is 2.26. The molecule has 0 aliphatic rings. The topological polar surface area (TPSA) is 108 Å². The summed E-state index contributed by atoms with van der Waals surface area (Å²) >= 11 is 0. The van der Waals surface area contributed by atoms with E-state index in [1.807, 2.05) is 0 Å². The summed E-state index contributed by atoms with van der Waals surface area (Å²) in [4.78, 5) is 22.2. The number of benzene rings is 1. The van der Waals surface area contributed by atoms with E-state index in [4.69, 9.17) is 15.1 Å². The Labute approximate surface area is 115 Å². The maximum Gasteiger partial charge on any atom is 0.335 e. The molecule has 6 nitrogen and oxygen atoms in total. The molecule has 6 heteroatoms. The smallest absolute Gasteiger partial charge is 0.335 e. The standard InChI is InChI=1S/C14H13NO5/c1-8(2)20-13(17)6-10(7-15)11-4-3-9(14(18)19)5-12(11)16/h3-6,8,16H,1-2H3,(H,18,19). The van der Waals surface area contributed by atoms with Crippen molar-refractivity contribution in [3.8, 4) is 11.8 Å². The van der Waals surface area contributed by atoms with Gasteiger partial charge in [-0.2, -0.15) is 5.26 Å². The maximum atomic E-state index is 11.5. The summed E-state index contributed by atoms with van der Waals surface area (Å²) in [6, 6.07) is 5.27. The van der Waals surface area contributed by atoms with E-state index in [2.05, 4.69) is 0 Å². The number of nitriles is 1. The predicted molar refractivity (Wildman–Crippen MR) is 69.9 cm³/mol. The van der Waals surface area contributed by atoms with Gasteiger partial charge in [0.2, 0.25) is 0 Å². The highest BCUT2D eigenvalue weighted by molar-refractivity contribution is 5.97. The molecular formula is C14H13NO5. The van der Waals surface area contributed by atoms with Gasteiger partial charge in [0, 0.05) is 11.6 Å². The Hall–Kier alpha value is -2.81. The van der Waals surface area contributed by atoms with E-state index in [9.17, 15) is 14.7 Å². The minimum Gasteiger partial charge on any atom is -0.507 e. The second-order valence-corrected chi connectivity index (χ2v) is 4.19. The lowest BCUT2D eigenvalue weighted by Crippen LogP contribution is -2.09. The lowest BCUT2D eigenvalue weighted by Gasteiger charge is -2.06. The highest BCUT2D eigenvalue weighted by atomic mass is 16.5. The van der Waals surface area contributed by atoms with Crippen LogP contribution in [0.15, 0.2) is 24.3 Å². The third-order valence-electron chi connectivity index (χ3n) is 2.27. The normalized spacial score (nSPS) is 11.0. The number of allylic oxidation sites excluding steroid dienone is 1. The highest BCUT2D eigenvalue weighted by Gasteiger charge is 2.13. The van der Waals surface area contributed by atoms with E-state index in [1.165, 1.54) is 12.1 Å². The molecule has 1 aromatic rings. The molecular weight excluding hydrogens is 262 g/mol. The van der Waals surface area contributed by atoms with E-state index in [0.717, 1.165) is 12.1 Å². The number of nitrogens with zero attached hydrogens (tertiary/aromatic N) is 1. The van der Waals surface area contributed by atoms with Gasteiger partial charge in [-0.05, 0) is 32.0 Å². The molecule has 0 fully saturated rings. The van der Waals surface area contributed by atoms with Gasteiger partial charge in [0.15, 0.2) is 0 Å². The SMILES string of the molecule is CC(C)OC(=O)C=C(C#N)c1ccc(C(=O)O)cc1O. The van der Waals surface area contributed by atoms with E-state index in [-0.39, 0.29) is 22.8 Å². The van der Waals surface area contributed by atoms with Gasteiger partial charge in [-0.3, -0.25) is 0 Å². The van der Waals surface area contributed by atoms with Crippen LogP contribution in [0.2, 0.25) is 0 Å². The number of esters is 1. The largest absolute Gasteiger partial charge is 0.507 e. The van der Waals surface area contributed by atoms with Crippen LogP contribution in [0.1, 0.15) is 29.8 Å². The number of carbonyl (C=O) groups is 2. The molecule has 104 valence electrons. The molecule has 0 aromatic heterocycles. The molecule has 0 bridgehead atoms. The predicted octanol–water partition coefficient (Wildman–Crippen LogP) is 1.95. The first-order valence-corrected chi connectivity index (χ1v) is 5.74. The van der Waals surface area contributed by atoms with Crippen molar-refractivity contribution in [1.29, 1.82) is 5.26 Å². The molecule has 0 aliphatic carbocycles. The van der Waals surface area contributed by atoms with Gasteiger partial charge in [0.05, 0.1) is 17.2 Å². The molecule has 0 amide bonds. The number of aromatic hydroxyl groups is 1. The Morgan fingerprint density at radius 1 is 1.40 bits per heavy atom. The van der Waals surface area contributed by atoms with E-state index in [0.29, 0.717) is 0 Å².